The van der Waals surface area contributed by atoms with Crippen LogP contribution in [0.15, 0.2) is 30.5 Å². The summed E-state index contributed by atoms with van der Waals surface area (Å²) in [6.07, 6.45) is -3.63. The van der Waals surface area contributed by atoms with E-state index in [2.05, 4.69) is 10.4 Å². The van der Waals surface area contributed by atoms with Crippen molar-refractivity contribution in [2.75, 3.05) is 6.61 Å². The first-order chi connectivity index (χ1) is 11.7. The van der Waals surface area contributed by atoms with Crippen molar-refractivity contribution < 1.29 is 22.7 Å². The van der Waals surface area contributed by atoms with Gasteiger partial charge in [0.05, 0.1) is 12.2 Å². The number of halogens is 3. The number of ether oxygens (including phenoxy) is 1. The third-order valence-electron chi connectivity index (χ3n) is 3.28. The normalized spacial score (nSPS) is 11.6. The lowest BCUT2D eigenvalue weighted by atomic mass is 10.2. The lowest BCUT2D eigenvalue weighted by molar-refractivity contribution is -0.141. The number of alkyl halides is 3. The predicted molar refractivity (Wildman–Crippen MR) is 86.2 cm³/mol. The van der Waals surface area contributed by atoms with Crippen LogP contribution in [0.1, 0.15) is 35.5 Å². The average molecular weight is 355 g/mol. The fourth-order valence-corrected chi connectivity index (χ4v) is 2.15. The zero-order valence-corrected chi connectivity index (χ0v) is 14.2. The van der Waals surface area contributed by atoms with Crippen LogP contribution in [0.4, 0.5) is 13.2 Å². The molecule has 1 N–H and O–H groups in total. The molecule has 25 heavy (non-hydrogen) atoms. The highest BCUT2D eigenvalue weighted by molar-refractivity contribution is 5.95. The second-order valence-corrected chi connectivity index (χ2v) is 6.10. The Labute approximate surface area is 143 Å². The van der Waals surface area contributed by atoms with Gasteiger partial charge in [0.15, 0.2) is 5.69 Å². The van der Waals surface area contributed by atoms with Crippen LogP contribution >= 0.6 is 0 Å². The van der Waals surface area contributed by atoms with Crippen LogP contribution in [0.5, 0.6) is 5.75 Å². The number of amides is 1. The molecule has 0 unspecified atom stereocenters. The van der Waals surface area contributed by atoms with E-state index in [1.165, 1.54) is 7.05 Å². The Morgan fingerprint density at radius 2 is 2.08 bits per heavy atom. The Balaban J connectivity index is 2.05. The van der Waals surface area contributed by atoms with E-state index >= 15 is 0 Å². The highest BCUT2D eigenvalue weighted by Gasteiger charge is 2.38. The van der Waals surface area contributed by atoms with Gasteiger partial charge in [-0.15, -0.1) is 0 Å². The van der Waals surface area contributed by atoms with Gasteiger partial charge in [0.25, 0.3) is 5.91 Å². The molecule has 2 aromatic rings. The summed E-state index contributed by atoms with van der Waals surface area (Å²) < 4.78 is 45.3. The number of hydrogen-bond donors (Lipinski definition) is 1. The number of carbonyl (C=O) groups excluding carboxylic acids is 1. The average Bonchev–Trinajstić information content (AvgIpc) is 2.93. The molecule has 136 valence electrons. The molecule has 8 heteroatoms. The van der Waals surface area contributed by atoms with Gasteiger partial charge in [-0.25, -0.2) is 0 Å². The standard InChI is InChI=1S/C17H20F3N3O2/c1-11(2)10-25-13-6-4-5-12(7-13)8-21-16(24)14-9-23(3)22-15(14)17(18,19)20/h4-7,9,11H,8,10H2,1-3H3,(H,21,24). The Morgan fingerprint density at radius 3 is 2.72 bits per heavy atom. The summed E-state index contributed by atoms with van der Waals surface area (Å²) in [5.41, 5.74) is -0.962. The number of rotatable bonds is 6. The molecule has 0 fully saturated rings. The summed E-state index contributed by atoms with van der Waals surface area (Å²) in [4.78, 5) is 12.1. The zero-order valence-electron chi connectivity index (χ0n) is 14.2. The van der Waals surface area contributed by atoms with Crippen molar-refractivity contribution in [3.8, 4) is 5.75 Å². The van der Waals surface area contributed by atoms with Gasteiger partial charge >= 0.3 is 6.18 Å². The fraction of sp³-hybridized carbons (Fsp3) is 0.412. The van der Waals surface area contributed by atoms with Crippen molar-refractivity contribution in [2.24, 2.45) is 13.0 Å². The molecule has 0 saturated carbocycles. The Kier molecular flexibility index (Phi) is 5.71. The van der Waals surface area contributed by atoms with Gasteiger partial charge in [0.1, 0.15) is 5.75 Å². The first-order valence-electron chi connectivity index (χ1n) is 7.77. The van der Waals surface area contributed by atoms with E-state index in [0.29, 0.717) is 18.3 Å². The first-order valence-corrected chi connectivity index (χ1v) is 7.77. The molecule has 0 aliphatic rings. The van der Waals surface area contributed by atoms with Gasteiger partial charge < -0.3 is 10.1 Å². The number of benzene rings is 1. The molecule has 1 heterocycles. The number of aromatic nitrogens is 2. The molecule has 1 amide bonds. The van der Waals surface area contributed by atoms with E-state index in [0.717, 1.165) is 16.4 Å². The highest BCUT2D eigenvalue weighted by Crippen LogP contribution is 2.30. The van der Waals surface area contributed by atoms with Crippen LogP contribution in [0, 0.1) is 5.92 Å². The molecule has 1 aromatic carbocycles. The second-order valence-electron chi connectivity index (χ2n) is 6.10. The van der Waals surface area contributed by atoms with Gasteiger partial charge in [-0.1, -0.05) is 26.0 Å². The molecule has 0 atom stereocenters. The number of nitrogens with zero attached hydrogens (tertiary/aromatic N) is 2. The summed E-state index contributed by atoms with van der Waals surface area (Å²) >= 11 is 0. The number of hydrogen-bond acceptors (Lipinski definition) is 3. The maximum absolute atomic E-state index is 12.9. The Hall–Kier alpha value is -2.51. The van der Waals surface area contributed by atoms with Crippen molar-refractivity contribution >= 4 is 5.91 Å². The lowest BCUT2D eigenvalue weighted by Gasteiger charge is -2.11. The van der Waals surface area contributed by atoms with Gasteiger partial charge in [-0.3, -0.25) is 9.48 Å². The minimum absolute atomic E-state index is 0.0872. The summed E-state index contributed by atoms with van der Waals surface area (Å²) in [5, 5.41) is 5.81. The van der Waals surface area contributed by atoms with Crippen molar-refractivity contribution in [2.45, 2.75) is 26.6 Å². The second kappa shape index (κ2) is 7.58. The first kappa shape index (κ1) is 18.8. The van der Waals surface area contributed by atoms with Gasteiger partial charge in [0, 0.05) is 19.8 Å². The number of nitrogens with one attached hydrogen (secondary N) is 1. The summed E-state index contributed by atoms with van der Waals surface area (Å²) in [6.45, 7) is 4.69. The van der Waals surface area contributed by atoms with Crippen molar-refractivity contribution in [1.82, 2.24) is 15.1 Å². The smallest absolute Gasteiger partial charge is 0.435 e. The summed E-state index contributed by atoms with van der Waals surface area (Å²) in [5.74, 6) is 0.196. The van der Waals surface area contributed by atoms with Gasteiger partial charge in [-0.2, -0.15) is 18.3 Å². The lowest BCUT2D eigenvalue weighted by Crippen LogP contribution is -2.25. The largest absolute Gasteiger partial charge is 0.493 e. The van der Waals surface area contributed by atoms with Crippen LogP contribution < -0.4 is 10.1 Å². The van der Waals surface area contributed by atoms with E-state index in [4.69, 9.17) is 4.74 Å². The van der Waals surface area contributed by atoms with Crippen LogP contribution in [-0.4, -0.2) is 22.3 Å². The minimum atomic E-state index is -4.68. The SMILES string of the molecule is CC(C)COc1cccc(CNC(=O)c2cn(C)nc2C(F)(F)F)c1. The summed E-state index contributed by atoms with van der Waals surface area (Å²) in [7, 11) is 1.33. The molecule has 2 rings (SSSR count). The number of aryl methyl sites for hydroxylation is 1. The molecule has 1 aromatic heterocycles. The van der Waals surface area contributed by atoms with E-state index in [9.17, 15) is 18.0 Å². The molecule has 0 aliphatic carbocycles. The third kappa shape index (κ3) is 5.23. The monoisotopic (exact) mass is 355 g/mol. The van der Waals surface area contributed by atoms with Gasteiger partial charge in [-0.05, 0) is 23.6 Å². The quantitative estimate of drug-likeness (QED) is 0.864. The molecule has 0 spiro atoms. The van der Waals surface area contributed by atoms with Crippen molar-refractivity contribution in [1.29, 1.82) is 0 Å². The zero-order chi connectivity index (χ0) is 18.6. The molecule has 0 saturated heterocycles. The van der Waals surface area contributed by atoms with E-state index < -0.39 is 23.3 Å². The Bertz CT molecular complexity index is 739. The van der Waals surface area contributed by atoms with Crippen molar-refractivity contribution in [3.05, 3.63) is 47.3 Å². The molecular formula is C17H20F3N3O2. The van der Waals surface area contributed by atoms with Crippen LogP contribution in [-0.2, 0) is 19.8 Å². The van der Waals surface area contributed by atoms with E-state index in [1.807, 2.05) is 13.8 Å². The maximum Gasteiger partial charge on any atom is 0.435 e. The Morgan fingerprint density at radius 1 is 1.36 bits per heavy atom. The van der Waals surface area contributed by atoms with E-state index in [1.54, 1.807) is 24.3 Å². The number of carbonyl (C=O) groups is 1. The van der Waals surface area contributed by atoms with E-state index in [-0.39, 0.29) is 6.54 Å². The van der Waals surface area contributed by atoms with Crippen LogP contribution in [0.25, 0.3) is 0 Å². The van der Waals surface area contributed by atoms with Crippen LogP contribution in [0.2, 0.25) is 0 Å². The topological polar surface area (TPSA) is 56.1 Å². The maximum atomic E-state index is 12.9. The van der Waals surface area contributed by atoms with Crippen LogP contribution in [0.3, 0.4) is 0 Å². The summed E-state index contributed by atoms with van der Waals surface area (Å²) in [6, 6.07) is 7.06. The fourth-order valence-electron chi connectivity index (χ4n) is 2.15. The predicted octanol–water partition coefficient (Wildman–Crippen LogP) is 3.40. The molecule has 5 nitrogen and oxygen atoms in total. The van der Waals surface area contributed by atoms with Gasteiger partial charge in [0.2, 0.25) is 0 Å². The third-order valence-corrected chi connectivity index (χ3v) is 3.28. The van der Waals surface area contributed by atoms with Crippen molar-refractivity contribution in [3.63, 3.8) is 0 Å². The molecule has 0 bridgehead atoms. The molecule has 0 aliphatic heterocycles. The molecule has 0 radical (unpaired) electrons. The molecular weight excluding hydrogens is 335 g/mol. The highest BCUT2D eigenvalue weighted by atomic mass is 19.4. The minimum Gasteiger partial charge on any atom is -0.493 e.